The molecule has 2 aromatic rings. The van der Waals surface area contributed by atoms with Crippen molar-refractivity contribution in [2.45, 2.75) is 38.1 Å². The fourth-order valence-corrected chi connectivity index (χ4v) is 4.04. The first kappa shape index (κ1) is 17.7. The number of quaternary nitrogens is 1. The summed E-state index contributed by atoms with van der Waals surface area (Å²) in [5.74, 6) is 1.27. The first-order valence-electron chi connectivity index (χ1n) is 9.77. The van der Waals surface area contributed by atoms with E-state index in [4.69, 9.17) is 4.74 Å². The number of likely N-dealkylation sites (tertiary alicyclic amines) is 1. The van der Waals surface area contributed by atoms with Crippen LogP contribution in [0.15, 0.2) is 54.6 Å². The number of imide groups is 1. The number of nitrogens with one attached hydrogen (secondary N) is 1. The van der Waals surface area contributed by atoms with E-state index >= 15 is 0 Å². The molecule has 5 nitrogen and oxygen atoms in total. The molecule has 0 unspecified atom stereocenters. The van der Waals surface area contributed by atoms with E-state index in [9.17, 15) is 9.59 Å². The quantitative estimate of drug-likeness (QED) is 0.848. The smallest absolute Gasteiger partial charge is 0.292 e. The lowest BCUT2D eigenvalue weighted by Crippen LogP contribution is -3.16. The van der Waals surface area contributed by atoms with Crippen molar-refractivity contribution in [2.75, 3.05) is 18.0 Å². The molecule has 2 aromatic carbocycles. The fourth-order valence-electron chi connectivity index (χ4n) is 4.04. The summed E-state index contributed by atoms with van der Waals surface area (Å²) in [6.45, 7) is 1.97. The van der Waals surface area contributed by atoms with Crippen LogP contribution < -0.4 is 14.5 Å². The number of para-hydroxylation sites is 1. The number of rotatable bonds is 4. The van der Waals surface area contributed by atoms with Gasteiger partial charge in [-0.25, -0.2) is 4.90 Å². The Kier molecular flexibility index (Phi) is 5.21. The highest BCUT2D eigenvalue weighted by atomic mass is 16.5. The summed E-state index contributed by atoms with van der Waals surface area (Å²) in [4.78, 5) is 28.1. The Morgan fingerprint density at radius 1 is 0.815 bits per heavy atom. The van der Waals surface area contributed by atoms with Gasteiger partial charge in [-0.15, -0.1) is 0 Å². The van der Waals surface area contributed by atoms with Crippen molar-refractivity contribution in [1.29, 1.82) is 0 Å². The molecule has 2 aliphatic rings. The molecule has 0 spiro atoms. The van der Waals surface area contributed by atoms with Gasteiger partial charge in [-0.3, -0.25) is 9.59 Å². The zero-order chi connectivity index (χ0) is 18.6. The molecule has 5 heteroatoms. The molecular formula is C22H25N2O3+. The Balaban J connectivity index is 1.47. The third-order valence-electron chi connectivity index (χ3n) is 5.46. The minimum Gasteiger partial charge on any atom is -0.457 e. The lowest BCUT2D eigenvalue weighted by atomic mass is 10.2. The van der Waals surface area contributed by atoms with Gasteiger partial charge in [-0.1, -0.05) is 18.2 Å². The van der Waals surface area contributed by atoms with Crippen molar-refractivity contribution >= 4 is 17.5 Å². The lowest BCUT2D eigenvalue weighted by molar-refractivity contribution is -0.914. The SMILES string of the molecule is O=C1C[C@@H]([NH+]2CCCCCC2)C(=O)N1c1ccc(Oc2ccccc2)cc1. The van der Waals surface area contributed by atoms with Gasteiger partial charge in [0.25, 0.3) is 5.91 Å². The third-order valence-corrected chi connectivity index (χ3v) is 5.46. The van der Waals surface area contributed by atoms with Crippen LogP contribution in [-0.2, 0) is 9.59 Å². The average molecular weight is 365 g/mol. The predicted octanol–water partition coefficient (Wildman–Crippen LogP) is 2.57. The molecule has 1 N–H and O–H groups in total. The normalized spacial score (nSPS) is 21.3. The van der Waals surface area contributed by atoms with Gasteiger partial charge >= 0.3 is 0 Å². The summed E-state index contributed by atoms with van der Waals surface area (Å²) in [6, 6.07) is 16.5. The largest absolute Gasteiger partial charge is 0.457 e. The molecule has 0 aliphatic carbocycles. The number of anilines is 1. The summed E-state index contributed by atoms with van der Waals surface area (Å²) in [7, 11) is 0. The van der Waals surface area contributed by atoms with E-state index in [1.54, 1.807) is 24.3 Å². The van der Waals surface area contributed by atoms with Gasteiger partial charge in [0.2, 0.25) is 5.91 Å². The number of benzene rings is 2. The second kappa shape index (κ2) is 7.92. The zero-order valence-electron chi connectivity index (χ0n) is 15.4. The Labute approximate surface area is 159 Å². The topological polar surface area (TPSA) is 51.0 Å². The highest BCUT2D eigenvalue weighted by Crippen LogP contribution is 2.27. The number of carbonyl (C=O) groups excluding carboxylic acids is 2. The van der Waals surface area contributed by atoms with Crippen LogP contribution in [0.25, 0.3) is 0 Å². The number of hydrogen-bond acceptors (Lipinski definition) is 3. The first-order chi connectivity index (χ1) is 13.2. The van der Waals surface area contributed by atoms with E-state index in [-0.39, 0.29) is 17.9 Å². The van der Waals surface area contributed by atoms with E-state index in [1.807, 2.05) is 30.3 Å². The van der Waals surface area contributed by atoms with Gasteiger partial charge in [0.15, 0.2) is 6.04 Å². The average Bonchev–Trinajstić information content (AvgIpc) is 2.87. The molecule has 0 radical (unpaired) electrons. The maximum Gasteiger partial charge on any atom is 0.292 e. The fraction of sp³-hybridized carbons (Fsp3) is 0.364. The van der Waals surface area contributed by atoms with Crippen molar-refractivity contribution in [3.05, 3.63) is 54.6 Å². The molecule has 2 fully saturated rings. The van der Waals surface area contributed by atoms with Crippen molar-refractivity contribution in [3.8, 4) is 11.5 Å². The van der Waals surface area contributed by atoms with Crippen LogP contribution in [0.4, 0.5) is 5.69 Å². The number of ether oxygens (including phenoxy) is 1. The van der Waals surface area contributed by atoms with E-state index < -0.39 is 0 Å². The first-order valence-corrected chi connectivity index (χ1v) is 9.77. The van der Waals surface area contributed by atoms with E-state index in [1.165, 1.54) is 22.6 Å². The monoisotopic (exact) mass is 365 g/mol. The Bertz CT molecular complexity index is 796. The van der Waals surface area contributed by atoms with Gasteiger partial charge in [0, 0.05) is 0 Å². The zero-order valence-corrected chi connectivity index (χ0v) is 15.4. The van der Waals surface area contributed by atoms with Crippen LogP contribution >= 0.6 is 0 Å². The second-order valence-corrected chi connectivity index (χ2v) is 7.31. The van der Waals surface area contributed by atoms with Crippen LogP contribution in [0.1, 0.15) is 32.1 Å². The molecule has 140 valence electrons. The molecule has 0 bridgehead atoms. The van der Waals surface area contributed by atoms with Crippen LogP contribution in [0, 0.1) is 0 Å². The molecule has 2 aliphatic heterocycles. The maximum absolute atomic E-state index is 13.0. The number of hydrogen-bond donors (Lipinski definition) is 1. The Morgan fingerprint density at radius 2 is 1.44 bits per heavy atom. The van der Waals surface area contributed by atoms with E-state index in [0.717, 1.165) is 31.7 Å². The number of carbonyl (C=O) groups is 2. The summed E-state index contributed by atoms with van der Waals surface area (Å²) >= 11 is 0. The predicted molar refractivity (Wildman–Crippen MR) is 103 cm³/mol. The van der Waals surface area contributed by atoms with Gasteiger partial charge in [0.05, 0.1) is 25.2 Å². The standard InChI is InChI=1S/C22H24N2O3/c25-21-16-20(23-14-6-1-2-7-15-23)22(26)24(21)17-10-12-19(13-11-17)27-18-8-4-3-5-9-18/h3-5,8-13,20H,1-2,6-7,14-16H2/p+1/t20-/m1/s1. The minimum absolute atomic E-state index is 0.0615. The molecular weight excluding hydrogens is 340 g/mol. The van der Waals surface area contributed by atoms with Gasteiger partial charge in [0.1, 0.15) is 11.5 Å². The molecule has 0 saturated carbocycles. The van der Waals surface area contributed by atoms with E-state index in [0.29, 0.717) is 17.9 Å². The van der Waals surface area contributed by atoms with Crippen molar-refractivity contribution < 1.29 is 19.2 Å². The number of nitrogens with zero attached hydrogens (tertiary/aromatic N) is 1. The van der Waals surface area contributed by atoms with Gasteiger partial charge in [-0.05, 0) is 62.1 Å². The van der Waals surface area contributed by atoms with Crippen LogP contribution in [0.2, 0.25) is 0 Å². The van der Waals surface area contributed by atoms with Crippen LogP contribution in [-0.4, -0.2) is 30.9 Å². The van der Waals surface area contributed by atoms with Crippen molar-refractivity contribution in [2.24, 2.45) is 0 Å². The second-order valence-electron chi connectivity index (χ2n) is 7.31. The van der Waals surface area contributed by atoms with Crippen molar-refractivity contribution in [1.82, 2.24) is 0 Å². The van der Waals surface area contributed by atoms with Gasteiger partial charge < -0.3 is 9.64 Å². The Morgan fingerprint density at radius 3 is 2.11 bits per heavy atom. The molecule has 2 heterocycles. The van der Waals surface area contributed by atoms with Gasteiger partial charge in [-0.2, -0.15) is 0 Å². The maximum atomic E-state index is 13.0. The van der Waals surface area contributed by atoms with Crippen molar-refractivity contribution in [3.63, 3.8) is 0 Å². The highest BCUT2D eigenvalue weighted by Gasteiger charge is 2.45. The minimum atomic E-state index is -0.226. The molecule has 2 saturated heterocycles. The Hall–Kier alpha value is -2.66. The summed E-state index contributed by atoms with van der Waals surface area (Å²) in [6.07, 6.45) is 5.05. The molecule has 27 heavy (non-hydrogen) atoms. The molecule has 2 amide bonds. The summed E-state index contributed by atoms with van der Waals surface area (Å²) in [5, 5.41) is 0. The molecule has 0 aromatic heterocycles. The number of amides is 2. The third kappa shape index (κ3) is 3.88. The van der Waals surface area contributed by atoms with E-state index in [2.05, 4.69) is 0 Å². The molecule has 1 atom stereocenters. The summed E-state index contributed by atoms with van der Waals surface area (Å²) in [5.41, 5.74) is 0.627. The summed E-state index contributed by atoms with van der Waals surface area (Å²) < 4.78 is 5.79. The lowest BCUT2D eigenvalue weighted by Gasteiger charge is -2.22. The van der Waals surface area contributed by atoms with Crippen LogP contribution in [0.5, 0.6) is 11.5 Å². The highest BCUT2D eigenvalue weighted by molar-refractivity contribution is 6.21. The van der Waals surface area contributed by atoms with Crippen LogP contribution in [0.3, 0.4) is 0 Å². The molecule has 4 rings (SSSR count).